The molecule has 4 N–H and O–H groups in total. The summed E-state index contributed by atoms with van der Waals surface area (Å²) in [6, 6.07) is 14.7. The number of H-pyrrole nitrogens is 3. The molecule has 0 aliphatic carbocycles. The van der Waals surface area contributed by atoms with Gasteiger partial charge in [-0.25, -0.2) is 4.79 Å². The van der Waals surface area contributed by atoms with Gasteiger partial charge in [-0.1, -0.05) is 30.3 Å². The van der Waals surface area contributed by atoms with Gasteiger partial charge in [0.2, 0.25) is 0 Å². The second-order valence-corrected chi connectivity index (χ2v) is 5.32. The van der Waals surface area contributed by atoms with E-state index in [0.29, 0.717) is 28.0 Å². The summed E-state index contributed by atoms with van der Waals surface area (Å²) in [5, 5.41) is 9.66. The van der Waals surface area contributed by atoms with Gasteiger partial charge in [0.05, 0.1) is 28.5 Å². The predicted octanol–water partition coefficient (Wildman–Crippen LogP) is 2.50. The Kier molecular flexibility index (Phi) is 3.24. The van der Waals surface area contributed by atoms with Gasteiger partial charge in [0, 0.05) is 11.3 Å². The summed E-state index contributed by atoms with van der Waals surface area (Å²) < 4.78 is 0. The third-order valence-corrected chi connectivity index (χ3v) is 3.72. The zero-order chi connectivity index (χ0) is 16.5. The molecule has 0 atom stereocenters. The van der Waals surface area contributed by atoms with Crippen LogP contribution in [0.15, 0.2) is 59.5 Å². The molecule has 2 aromatic heterocycles. The molecular weight excluding hydrogens is 306 g/mol. The fourth-order valence-electron chi connectivity index (χ4n) is 2.59. The maximum absolute atomic E-state index is 12.6. The first-order chi connectivity index (χ1) is 11.7. The van der Waals surface area contributed by atoms with Crippen LogP contribution in [0.25, 0.3) is 22.3 Å². The predicted molar refractivity (Wildman–Crippen MR) is 90.9 cm³/mol. The van der Waals surface area contributed by atoms with Crippen LogP contribution in [0.1, 0.15) is 10.4 Å². The molecule has 0 unspecified atom stereocenters. The van der Waals surface area contributed by atoms with E-state index in [1.54, 1.807) is 18.2 Å². The second-order valence-electron chi connectivity index (χ2n) is 5.32. The number of imidazole rings is 1. The average Bonchev–Trinajstić information content (AvgIpc) is 3.21. The molecule has 7 heteroatoms. The normalized spacial score (nSPS) is 10.8. The van der Waals surface area contributed by atoms with E-state index in [1.807, 2.05) is 30.3 Å². The fourth-order valence-corrected chi connectivity index (χ4v) is 2.59. The zero-order valence-electron chi connectivity index (χ0n) is 12.5. The molecule has 2 heterocycles. The third kappa shape index (κ3) is 2.48. The van der Waals surface area contributed by atoms with Gasteiger partial charge in [0.15, 0.2) is 0 Å². The van der Waals surface area contributed by atoms with Crippen LogP contribution in [-0.2, 0) is 0 Å². The van der Waals surface area contributed by atoms with Crippen LogP contribution >= 0.6 is 0 Å². The Bertz CT molecular complexity index is 1080. The topological polar surface area (TPSA) is 106 Å². The number of nitrogens with one attached hydrogen (secondary N) is 4. The Morgan fingerprint density at radius 3 is 2.62 bits per heavy atom. The Morgan fingerprint density at radius 1 is 1.00 bits per heavy atom. The molecule has 7 nitrogen and oxygen atoms in total. The lowest BCUT2D eigenvalue weighted by atomic mass is 10.1. The van der Waals surface area contributed by atoms with Crippen LogP contribution in [0.2, 0.25) is 0 Å². The molecule has 118 valence electrons. The molecule has 0 fully saturated rings. The van der Waals surface area contributed by atoms with Crippen LogP contribution in [0.4, 0.5) is 5.69 Å². The van der Waals surface area contributed by atoms with Crippen molar-refractivity contribution in [1.29, 1.82) is 0 Å². The number of anilines is 1. The number of amides is 1. The van der Waals surface area contributed by atoms with Gasteiger partial charge in [-0.3, -0.25) is 9.89 Å². The number of aromatic nitrogens is 4. The molecule has 4 rings (SSSR count). The summed E-state index contributed by atoms with van der Waals surface area (Å²) >= 11 is 0. The molecule has 0 saturated carbocycles. The Hall–Kier alpha value is -3.61. The van der Waals surface area contributed by atoms with E-state index >= 15 is 0 Å². The highest BCUT2D eigenvalue weighted by Crippen LogP contribution is 2.22. The van der Waals surface area contributed by atoms with E-state index in [4.69, 9.17) is 0 Å². The number of carbonyl (C=O) groups excluding carboxylic acids is 1. The van der Waals surface area contributed by atoms with Crippen molar-refractivity contribution in [3.8, 4) is 11.3 Å². The van der Waals surface area contributed by atoms with Gasteiger partial charge in [-0.05, 0) is 18.2 Å². The van der Waals surface area contributed by atoms with E-state index in [-0.39, 0.29) is 11.6 Å². The van der Waals surface area contributed by atoms with Gasteiger partial charge in [0.1, 0.15) is 0 Å². The average molecular weight is 319 g/mol. The largest absolute Gasteiger partial charge is 0.323 e. The van der Waals surface area contributed by atoms with Crippen LogP contribution in [0.5, 0.6) is 0 Å². The van der Waals surface area contributed by atoms with E-state index in [9.17, 15) is 9.59 Å². The molecule has 4 aromatic rings. The number of rotatable bonds is 3. The van der Waals surface area contributed by atoms with E-state index in [2.05, 4.69) is 25.5 Å². The minimum absolute atomic E-state index is 0.278. The lowest BCUT2D eigenvalue weighted by Gasteiger charge is -2.06. The number of hydrogen-bond donors (Lipinski definition) is 4. The number of fused-ring (bicyclic) bond motifs is 1. The summed E-state index contributed by atoms with van der Waals surface area (Å²) in [5.74, 6) is -0.278. The molecule has 1 amide bonds. The second kappa shape index (κ2) is 5.54. The minimum Gasteiger partial charge on any atom is -0.322 e. The van der Waals surface area contributed by atoms with Crippen LogP contribution in [0.3, 0.4) is 0 Å². The number of aromatic amines is 3. The SMILES string of the molecule is O=C(Nc1ccc2[nH]c(=O)[nH]c2c1)c1cn[nH]c1-c1ccccc1. The van der Waals surface area contributed by atoms with Crippen molar-refractivity contribution in [1.82, 2.24) is 20.2 Å². The zero-order valence-corrected chi connectivity index (χ0v) is 12.5. The van der Waals surface area contributed by atoms with Gasteiger partial charge in [-0.2, -0.15) is 5.10 Å². The maximum atomic E-state index is 12.6. The first-order valence-corrected chi connectivity index (χ1v) is 7.33. The number of benzene rings is 2. The highest BCUT2D eigenvalue weighted by atomic mass is 16.2. The molecule has 0 saturated heterocycles. The first-order valence-electron chi connectivity index (χ1n) is 7.33. The van der Waals surface area contributed by atoms with Gasteiger partial charge < -0.3 is 15.3 Å². The lowest BCUT2D eigenvalue weighted by molar-refractivity contribution is 0.102. The molecule has 0 radical (unpaired) electrons. The van der Waals surface area contributed by atoms with E-state index in [1.165, 1.54) is 6.20 Å². The van der Waals surface area contributed by atoms with Crippen LogP contribution in [0, 0.1) is 0 Å². The summed E-state index contributed by atoms with van der Waals surface area (Å²) in [7, 11) is 0. The Balaban J connectivity index is 1.64. The summed E-state index contributed by atoms with van der Waals surface area (Å²) in [6.07, 6.45) is 1.49. The third-order valence-electron chi connectivity index (χ3n) is 3.72. The smallest absolute Gasteiger partial charge is 0.322 e. The molecule has 0 aliphatic rings. The maximum Gasteiger partial charge on any atom is 0.323 e. The fraction of sp³-hybridized carbons (Fsp3) is 0. The summed E-state index contributed by atoms with van der Waals surface area (Å²) in [5.41, 5.74) is 3.61. The van der Waals surface area contributed by atoms with Crippen molar-refractivity contribution in [2.45, 2.75) is 0 Å². The van der Waals surface area contributed by atoms with Crippen molar-refractivity contribution < 1.29 is 4.79 Å². The van der Waals surface area contributed by atoms with Crippen LogP contribution < -0.4 is 11.0 Å². The van der Waals surface area contributed by atoms with Crippen molar-refractivity contribution >= 4 is 22.6 Å². The first kappa shape index (κ1) is 14.0. The van der Waals surface area contributed by atoms with Crippen LogP contribution in [-0.4, -0.2) is 26.1 Å². The van der Waals surface area contributed by atoms with Crippen molar-refractivity contribution in [3.05, 3.63) is 70.8 Å². The number of nitrogens with zero attached hydrogens (tertiary/aromatic N) is 1. The summed E-state index contributed by atoms with van der Waals surface area (Å²) in [4.78, 5) is 29.2. The summed E-state index contributed by atoms with van der Waals surface area (Å²) in [6.45, 7) is 0. The lowest BCUT2D eigenvalue weighted by Crippen LogP contribution is -2.12. The standard InChI is InChI=1S/C17H13N5O2/c23-16(12-9-18-22-15(12)10-4-2-1-3-5-10)19-11-6-7-13-14(8-11)21-17(24)20-13/h1-9H,(H,18,22)(H,19,23)(H2,20,21,24). The Labute approximate surface area is 135 Å². The minimum atomic E-state index is -0.283. The molecular formula is C17H13N5O2. The van der Waals surface area contributed by atoms with Crippen molar-refractivity contribution in [3.63, 3.8) is 0 Å². The highest BCUT2D eigenvalue weighted by molar-refractivity contribution is 6.08. The molecule has 0 bridgehead atoms. The molecule has 2 aromatic carbocycles. The van der Waals surface area contributed by atoms with Gasteiger partial charge >= 0.3 is 5.69 Å². The molecule has 0 spiro atoms. The molecule has 24 heavy (non-hydrogen) atoms. The number of hydrogen-bond acceptors (Lipinski definition) is 3. The van der Waals surface area contributed by atoms with E-state index in [0.717, 1.165) is 5.56 Å². The highest BCUT2D eigenvalue weighted by Gasteiger charge is 2.15. The van der Waals surface area contributed by atoms with Crippen molar-refractivity contribution in [2.24, 2.45) is 0 Å². The van der Waals surface area contributed by atoms with E-state index < -0.39 is 0 Å². The molecule has 0 aliphatic heterocycles. The Morgan fingerprint density at radius 2 is 1.79 bits per heavy atom. The quantitative estimate of drug-likeness (QED) is 0.466. The number of carbonyl (C=O) groups is 1. The van der Waals surface area contributed by atoms with Gasteiger partial charge in [0.25, 0.3) is 5.91 Å². The monoisotopic (exact) mass is 319 g/mol. The van der Waals surface area contributed by atoms with Gasteiger partial charge in [-0.15, -0.1) is 0 Å². The van der Waals surface area contributed by atoms with Crippen molar-refractivity contribution in [2.75, 3.05) is 5.32 Å².